The molecule has 1 N–H and O–H groups in total. The number of methoxy groups -OCH3 is 1. The molecule has 0 aromatic carbocycles. The molecule has 0 spiro atoms. The van der Waals surface area contributed by atoms with E-state index in [0.717, 1.165) is 4.90 Å². The van der Waals surface area contributed by atoms with Gasteiger partial charge in [0.1, 0.15) is 13.1 Å². The monoisotopic (exact) mass is 270 g/mol. The summed E-state index contributed by atoms with van der Waals surface area (Å²) in [6.07, 6.45) is 5.72. The van der Waals surface area contributed by atoms with Gasteiger partial charge in [0, 0.05) is 6.54 Å². The minimum atomic E-state index is -1.17. The van der Waals surface area contributed by atoms with E-state index in [1.165, 1.54) is 12.0 Å². The number of aliphatic carboxylic acids is 1. The maximum atomic E-state index is 12.1. The van der Waals surface area contributed by atoms with Crippen LogP contribution in [0.3, 0.4) is 0 Å². The number of rotatable bonds is 7. The van der Waals surface area contributed by atoms with Gasteiger partial charge in [-0.05, 0) is 6.42 Å². The van der Waals surface area contributed by atoms with E-state index >= 15 is 0 Å². The maximum Gasteiger partial charge on any atom is 0.325 e. The number of carbonyl (C=O) groups excluding carboxylic acids is 2. The highest BCUT2D eigenvalue weighted by molar-refractivity contribution is 5.83. The molecule has 0 atom stereocenters. The van der Waals surface area contributed by atoms with Crippen LogP contribution in [0.25, 0.3) is 0 Å². The van der Waals surface area contributed by atoms with Gasteiger partial charge >= 0.3 is 18.0 Å². The van der Waals surface area contributed by atoms with Crippen LogP contribution in [0.4, 0.5) is 4.79 Å². The molecule has 0 rings (SSSR count). The van der Waals surface area contributed by atoms with Crippen LogP contribution < -0.4 is 0 Å². The third-order valence-corrected chi connectivity index (χ3v) is 2.19. The van der Waals surface area contributed by atoms with Gasteiger partial charge in [0.2, 0.25) is 0 Å². The van der Waals surface area contributed by atoms with Crippen molar-refractivity contribution in [2.24, 2.45) is 0 Å². The topological polar surface area (TPSA) is 87.2 Å². The van der Waals surface area contributed by atoms with Gasteiger partial charge in [-0.15, -0.1) is 6.42 Å². The number of hydrogen-bond donors (Lipinski definition) is 1. The number of ether oxygens (including phenoxy) is 1. The summed E-state index contributed by atoms with van der Waals surface area (Å²) < 4.78 is 4.49. The Morgan fingerprint density at radius 3 is 2.32 bits per heavy atom. The van der Waals surface area contributed by atoms with E-state index in [0.29, 0.717) is 13.0 Å². The van der Waals surface area contributed by atoms with Crippen LogP contribution in [-0.2, 0) is 14.3 Å². The number of carboxylic acid groups (broad SMARTS) is 1. The van der Waals surface area contributed by atoms with Gasteiger partial charge in [0.25, 0.3) is 0 Å². The number of nitrogens with zero attached hydrogens (tertiary/aromatic N) is 2. The predicted octanol–water partition coefficient (Wildman–Crippen LogP) is 0.0112. The zero-order valence-electron chi connectivity index (χ0n) is 11.1. The summed E-state index contributed by atoms with van der Waals surface area (Å²) in [6.45, 7) is 1.27. The Hall–Kier alpha value is -2.23. The number of hydrogen-bond acceptors (Lipinski definition) is 4. The second kappa shape index (κ2) is 8.80. The molecule has 2 amide bonds. The van der Waals surface area contributed by atoms with Crippen LogP contribution in [0.2, 0.25) is 0 Å². The van der Waals surface area contributed by atoms with Gasteiger partial charge in [-0.25, -0.2) is 4.79 Å². The van der Waals surface area contributed by atoms with E-state index in [1.54, 1.807) is 0 Å². The molecule has 7 nitrogen and oxygen atoms in total. The lowest BCUT2D eigenvalue weighted by atomic mass is 10.4. The Morgan fingerprint density at radius 1 is 1.26 bits per heavy atom. The number of carboxylic acids is 1. The van der Waals surface area contributed by atoms with Gasteiger partial charge in [0.05, 0.1) is 13.7 Å². The zero-order chi connectivity index (χ0) is 14.8. The van der Waals surface area contributed by atoms with Crippen molar-refractivity contribution in [2.45, 2.75) is 13.3 Å². The van der Waals surface area contributed by atoms with Crippen LogP contribution in [0.1, 0.15) is 13.3 Å². The summed E-state index contributed by atoms with van der Waals surface area (Å²) in [6, 6.07) is -0.590. The van der Waals surface area contributed by atoms with Crippen LogP contribution in [0, 0.1) is 12.3 Å². The third kappa shape index (κ3) is 6.31. The van der Waals surface area contributed by atoms with Gasteiger partial charge in [-0.1, -0.05) is 12.8 Å². The van der Waals surface area contributed by atoms with Crippen LogP contribution in [0.15, 0.2) is 0 Å². The summed E-state index contributed by atoms with van der Waals surface area (Å²) in [4.78, 5) is 36.2. The van der Waals surface area contributed by atoms with E-state index in [9.17, 15) is 14.4 Å². The van der Waals surface area contributed by atoms with Crippen molar-refractivity contribution in [1.29, 1.82) is 0 Å². The summed E-state index contributed by atoms with van der Waals surface area (Å²) in [7, 11) is 1.22. The molecule has 0 radical (unpaired) electrons. The zero-order valence-corrected chi connectivity index (χ0v) is 11.1. The number of amides is 2. The molecule has 106 valence electrons. The molecular weight excluding hydrogens is 252 g/mol. The van der Waals surface area contributed by atoms with E-state index in [2.05, 4.69) is 10.7 Å². The quantitative estimate of drug-likeness (QED) is 0.520. The first-order valence-corrected chi connectivity index (χ1v) is 5.72. The molecular formula is C12H18N2O5. The molecule has 0 aromatic rings. The highest BCUT2D eigenvalue weighted by Crippen LogP contribution is 2.01. The Bertz CT molecular complexity index is 375. The minimum Gasteiger partial charge on any atom is -0.480 e. The summed E-state index contributed by atoms with van der Waals surface area (Å²) >= 11 is 0. The Morgan fingerprint density at radius 2 is 1.89 bits per heavy atom. The first-order valence-electron chi connectivity index (χ1n) is 5.72. The molecule has 7 heteroatoms. The van der Waals surface area contributed by atoms with Gasteiger partial charge in [0.15, 0.2) is 0 Å². The van der Waals surface area contributed by atoms with E-state index in [-0.39, 0.29) is 13.1 Å². The Kier molecular flexibility index (Phi) is 7.77. The van der Waals surface area contributed by atoms with E-state index in [4.69, 9.17) is 11.5 Å². The average molecular weight is 270 g/mol. The van der Waals surface area contributed by atoms with Crippen molar-refractivity contribution < 1.29 is 24.2 Å². The molecule has 0 aliphatic heterocycles. The summed E-state index contributed by atoms with van der Waals surface area (Å²) in [5.74, 6) is 0.477. The molecule has 0 saturated heterocycles. The summed E-state index contributed by atoms with van der Waals surface area (Å²) in [5, 5.41) is 8.73. The lowest BCUT2D eigenvalue weighted by Crippen LogP contribution is -2.47. The largest absolute Gasteiger partial charge is 0.480 e. The van der Waals surface area contributed by atoms with Crippen molar-refractivity contribution >= 4 is 18.0 Å². The van der Waals surface area contributed by atoms with Gasteiger partial charge < -0.3 is 19.6 Å². The highest BCUT2D eigenvalue weighted by atomic mass is 16.5. The average Bonchev–Trinajstić information content (AvgIpc) is 2.36. The SMILES string of the molecule is C#CCN(CC(=O)O)C(=O)N(CCC)CC(=O)OC. The third-order valence-electron chi connectivity index (χ3n) is 2.19. The lowest BCUT2D eigenvalue weighted by molar-refractivity contribution is -0.141. The van der Waals surface area contributed by atoms with Crippen LogP contribution in [-0.4, -0.2) is 66.2 Å². The normalized spacial score (nSPS) is 9.32. The molecule has 0 bridgehead atoms. The molecule has 0 unspecified atom stereocenters. The van der Waals surface area contributed by atoms with Crippen LogP contribution >= 0.6 is 0 Å². The van der Waals surface area contributed by atoms with Crippen molar-refractivity contribution in [3.05, 3.63) is 0 Å². The second-order valence-corrected chi connectivity index (χ2v) is 3.73. The second-order valence-electron chi connectivity index (χ2n) is 3.73. The van der Waals surface area contributed by atoms with Crippen molar-refractivity contribution in [3.8, 4) is 12.3 Å². The predicted molar refractivity (Wildman–Crippen MR) is 67.3 cm³/mol. The molecule has 0 saturated carbocycles. The van der Waals surface area contributed by atoms with Gasteiger partial charge in [-0.3, -0.25) is 9.59 Å². The standard InChI is InChI=1S/C12H18N2O5/c1-4-6-13(8-10(15)16)12(18)14(7-5-2)9-11(17)19-3/h1H,5-9H2,2-3H3,(H,15,16). The van der Waals surface area contributed by atoms with Gasteiger partial charge in [-0.2, -0.15) is 0 Å². The molecule has 19 heavy (non-hydrogen) atoms. The Labute approximate surface area is 112 Å². The Balaban J connectivity index is 4.85. The number of terminal acetylenes is 1. The first kappa shape index (κ1) is 16.8. The van der Waals surface area contributed by atoms with Crippen molar-refractivity contribution in [1.82, 2.24) is 9.80 Å². The first-order chi connectivity index (χ1) is 8.96. The van der Waals surface area contributed by atoms with Crippen molar-refractivity contribution in [3.63, 3.8) is 0 Å². The smallest absolute Gasteiger partial charge is 0.325 e. The van der Waals surface area contributed by atoms with E-state index in [1.807, 2.05) is 6.92 Å². The summed E-state index contributed by atoms with van der Waals surface area (Å²) in [5.41, 5.74) is 0. The van der Waals surface area contributed by atoms with Crippen LogP contribution in [0.5, 0.6) is 0 Å². The molecule has 0 aromatic heterocycles. The highest BCUT2D eigenvalue weighted by Gasteiger charge is 2.23. The maximum absolute atomic E-state index is 12.1. The van der Waals surface area contributed by atoms with E-state index < -0.39 is 24.5 Å². The number of urea groups is 1. The molecule has 0 aliphatic carbocycles. The fourth-order valence-corrected chi connectivity index (χ4v) is 1.40. The fraction of sp³-hybridized carbons (Fsp3) is 0.583. The minimum absolute atomic E-state index is 0.132. The molecule has 0 heterocycles. The molecule has 0 fully saturated rings. The number of esters is 1. The fourth-order valence-electron chi connectivity index (χ4n) is 1.40. The molecule has 0 aliphatic rings. The lowest BCUT2D eigenvalue weighted by Gasteiger charge is -2.27. The van der Waals surface area contributed by atoms with Crippen molar-refractivity contribution in [2.75, 3.05) is 33.3 Å². The number of carbonyl (C=O) groups is 3.